The first-order valence-electron chi connectivity index (χ1n) is 7.77. The van der Waals surface area contributed by atoms with Crippen molar-refractivity contribution in [2.45, 2.75) is 44.4 Å². The third-order valence-corrected chi connectivity index (χ3v) is 6.35. The number of thioether (sulfide) groups is 1. The Labute approximate surface area is 129 Å². The van der Waals surface area contributed by atoms with Crippen LogP contribution >= 0.6 is 11.8 Å². The number of nitrogens with zero attached hydrogens (tertiary/aromatic N) is 1. The largest absolute Gasteiger partial charge is 0.317 e. The van der Waals surface area contributed by atoms with Crippen LogP contribution < -0.4 is 5.32 Å². The molecule has 0 amide bonds. The lowest BCUT2D eigenvalue weighted by molar-refractivity contribution is 0.264. The van der Waals surface area contributed by atoms with Crippen molar-refractivity contribution in [2.75, 3.05) is 43.9 Å². The standard InChI is InChI=1S/C14H30N2O2S2/c1-3-8-15-9-6-4-5-7-10-16-11-12-19-13-14(16)20(2,17)18/h14-15H,3-13H2,1-2H3. The van der Waals surface area contributed by atoms with Crippen molar-refractivity contribution in [1.82, 2.24) is 10.2 Å². The fourth-order valence-electron chi connectivity index (χ4n) is 2.49. The minimum Gasteiger partial charge on any atom is -0.317 e. The van der Waals surface area contributed by atoms with E-state index >= 15 is 0 Å². The third kappa shape index (κ3) is 7.29. The molecule has 120 valence electrons. The Kier molecular flexibility index (Phi) is 9.16. The molecular weight excluding hydrogens is 292 g/mol. The zero-order valence-electron chi connectivity index (χ0n) is 12.9. The van der Waals surface area contributed by atoms with E-state index in [1.807, 2.05) is 0 Å². The molecule has 1 unspecified atom stereocenters. The molecule has 20 heavy (non-hydrogen) atoms. The third-order valence-electron chi connectivity index (χ3n) is 3.66. The van der Waals surface area contributed by atoms with Crippen LogP contribution in [0.25, 0.3) is 0 Å². The molecule has 6 heteroatoms. The maximum Gasteiger partial charge on any atom is 0.164 e. The van der Waals surface area contributed by atoms with Crippen LogP contribution in [-0.2, 0) is 9.84 Å². The Balaban J connectivity index is 2.13. The molecule has 0 aromatic rings. The molecule has 1 saturated heterocycles. The predicted octanol–water partition coefficient (Wildman–Crippen LogP) is 1.97. The summed E-state index contributed by atoms with van der Waals surface area (Å²) in [6.07, 6.45) is 7.35. The smallest absolute Gasteiger partial charge is 0.164 e. The van der Waals surface area contributed by atoms with E-state index < -0.39 is 9.84 Å². The first kappa shape index (κ1) is 18.3. The van der Waals surface area contributed by atoms with Gasteiger partial charge in [0.2, 0.25) is 0 Å². The first-order chi connectivity index (χ1) is 9.55. The fourth-order valence-corrected chi connectivity index (χ4v) is 5.46. The van der Waals surface area contributed by atoms with Gasteiger partial charge in [-0.2, -0.15) is 11.8 Å². The maximum absolute atomic E-state index is 11.8. The summed E-state index contributed by atoms with van der Waals surface area (Å²) in [6.45, 7) is 6.25. The molecule has 0 aromatic carbocycles. The van der Waals surface area contributed by atoms with Crippen molar-refractivity contribution >= 4 is 21.6 Å². The van der Waals surface area contributed by atoms with E-state index in [1.165, 1.54) is 31.9 Å². The van der Waals surface area contributed by atoms with Crippen molar-refractivity contribution in [3.05, 3.63) is 0 Å². The normalized spacial score (nSPS) is 21.2. The van der Waals surface area contributed by atoms with Crippen LogP contribution in [-0.4, -0.2) is 62.6 Å². The molecule has 1 atom stereocenters. The average Bonchev–Trinajstić information content (AvgIpc) is 2.41. The lowest BCUT2D eigenvalue weighted by Gasteiger charge is -2.33. The van der Waals surface area contributed by atoms with Gasteiger partial charge in [0, 0.05) is 24.3 Å². The van der Waals surface area contributed by atoms with Crippen molar-refractivity contribution in [1.29, 1.82) is 0 Å². The lowest BCUT2D eigenvalue weighted by Crippen LogP contribution is -2.47. The second-order valence-corrected chi connectivity index (χ2v) is 8.91. The van der Waals surface area contributed by atoms with Gasteiger partial charge in [-0.3, -0.25) is 4.90 Å². The molecule has 0 spiro atoms. The molecule has 1 aliphatic rings. The van der Waals surface area contributed by atoms with E-state index in [0.717, 1.165) is 44.1 Å². The van der Waals surface area contributed by atoms with Crippen LogP contribution in [0.5, 0.6) is 0 Å². The summed E-state index contributed by atoms with van der Waals surface area (Å²) in [5.41, 5.74) is 0. The molecule has 1 aliphatic heterocycles. The Morgan fingerprint density at radius 3 is 2.65 bits per heavy atom. The number of nitrogens with one attached hydrogen (secondary N) is 1. The van der Waals surface area contributed by atoms with Crippen LogP contribution in [0.2, 0.25) is 0 Å². The minimum atomic E-state index is -2.94. The molecule has 0 saturated carbocycles. The summed E-state index contributed by atoms with van der Waals surface area (Å²) in [6, 6.07) is 0. The topological polar surface area (TPSA) is 49.4 Å². The first-order valence-corrected chi connectivity index (χ1v) is 10.9. The van der Waals surface area contributed by atoms with Crippen LogP contribution in [0, 0.1) is 0 Å². The second-order valence-electron chi connectivity index (χ2n) is 5.56. The number of hydrogen-bond donors (Lipinski definition) is 1. The van der Waals surface area contributed by atoms with Crippen molar-refractivity contribution in [3.63, 3.8) is 0 Å². The van der Waals surface area contributed by atoms with E-state index in [0.29, 0.717) is 0 Å². The fraction of sp³-hybridized carbons (Fsp3) is 1.00. The summed E-state index contributed by atoms with van der Waals surface area (Å²) in [7, 11) is -2.94. The zero-order chi connectivity index (χ0) is 14.8. The van der Waals surface area contributed by atoms with Crippen LogP contribution in [0.3, 0.4) is 0 Å². The van der Waals surface area contributed by atoms with E-state index in [9.17, 15) is 8.42 Å². The van der Waals surface area contributed by atoms with Gasteiger partial charge in [-0.1, -0.05) is 19.8 Å². The minimum absolute atomic E-state index is 0.257. The molecule has 1 fully saturated rings. The number of unbranched alkanes of at least 4 members (excludes halogenated alkanes) is 3. The molecule has 1 rings (SSSR count). The van der Waals surface area contributed by atoms with Gasteiger partial charge in [-0.05, 0) is 38.9 Å². The summed E-state index contributed by atoms with van der Waals surface area (Å²) in [5.74, 6) is 1.80. The van der Waals surface area contributed by atoms with Gasteiger partial charge >= 0.3 is 0 Å². The zero-order valence-corrected chi connectivity index (χ0v) is 14.6. The van der Waals surface area contributed by atoms with E-state index in [2.05, 4.69) is 17.1 Å². The number of hydrogen-bond acceptors (Lipinski definition) is 5. The van der Waals surface area contributed by atoms with E-state index in [1.54, 1.807) is 11.8 Å². The molecule has 0 bridgehead atoms. The Morgan fingerprint density at radius 2 is 1.95 bits per heavy atom. The maximum atomic E-state index is 11.8. The van der Waals surface area contributed by atoms with E-state index in [4.69, 9.17) is 0 Å². The molecule has 1 N–H and O–H groups in total. The highest BCUT2D eigenvalue weighted by atomic mass is 32.2. The lowest BCUT2D eigenvalue weighted by atomic mass is 10.2. The van der Waals surface area contributed by atoms with E-state index in [-0.39, 0.29) is 5.37 Å². The average molecular weight is 323 g/mol. The monoisotopic (exact) mass is 322 g/mol. The van der Waals surface area contributed by atoms with Crippen molar-refractivity contribution in [3.8, 4) is 0 Å². The summed E-state index contributed by atoms with van der Waals surface area (Å²) in [4.78, 5) is 2.17. The Bertz CT molecular complexity index is 347. The summed E-state index contributed by atoms with van der Waals surface area (Å²) in [5, 5.41) is 3.15. The van der Waals surface area contributed by atoms with Gasteiger partial charge in [0.05, 0.1) is 0 Å². The van der Waals surface area contributed by atoms with Crippen LogP contribution in [0.1, 0.15) is 39.0 Å². The number of rotatable bonds is 10. The van der Waals surface area contributed by atoms with Crippen LogP contribution in [0.15, 0.2) is 0 Å². The molecule has 0 aliphatic carbocycles. The highest BCUT2D eigenvalue weighted by Crippen LogP contribution is 2.20. The Hall–Kier alpha value is 0.220. The van der Waals surface area contributed by atoms with Crippen molar-refractivity contribution in [2.24, 2.45) is 0 Å². The molecule has 0 aromatic heterocycles. The second kappa shape index (κ2) is 10.0. The van der Waals surface area contributed by atoms with Gasteiger partial charge in [-0.25, -0.2) is 8.42 Å². The van der Waals surface area contributed by atoms with Gasteiger partial charge in [0.25, 0.3) is 0 Å². The van der Waals surface area contributed by atoms with Gasteiger partial charge in [0.1, 0.15) is 5.37 Å². The van der Waals surface area contributed by atoms with Gasteiger partial charge < -0.3 is 5.32 Å². The Morgan fingerprint density at radius 1 is 1.20 bits per heavy atom. The highest BCUT2D eigenvalue weighted by Gasteiger charge is 2.30. The molecule has 1 heterocycles. The number of sulfone groups is 1. The highest BCUT2D eigenvalue weighted by molar-refractivity contribution is 8.00. The quantitative estimate of drug-likeness (QED) is 0.623. The molecule has 4 nitrogen and oxygen atoms in total. The van der Waals surface area contributed by atoms with Gasteiger partial charge in [0.15, 0.2) is 9.84 Å². The predicted molar refractivity (Wildman–Crippen MR) is 89.2 cm³/mol. The van der Waals surface area contributed by atoms with Crippen molar-refractivity contribution < 1.29 is 8.42 Å². The summed E-state index contributed by atoms with van der Waals surface area (Å²) >= 11 is 1.76. The molecule has 0 radical (unpaired) electrons. The van der Waals surface area contributed by atoms with Crippen LogP contribution in [0.4, 0.5) is 0 Å². The summed E-state index contributed by atoms with van der Waals surface area (Å²) < 4.78 is 23.5. The molecular formula is C14H30N2O2S2. The van der Waals surface area contributed by atoms with Gasteiger partial charge in [-0.15, -0.1) is 0 Å². The SMILES string of the molecule is CCCNCCCCCCN1CCSCC1S(C)(=O)=O.